The summed E-state index contributed by atoms with van der Waals surface area (Å²) < 4.78 is 9.84. The van der Waals surface area contributed by atoms with E-state index in [2.05, 4.69) is 4.74 Å². The van der Waals surface area contributed by atoms with E-state index in [-0.39, 0.29) is 17.9 Å². The first-order valence-corrected chi connectivity index (χ1v) is 4.09. The predicted octanol–water partition coefficient (Wildman–Crippen LogP) is 1.17. The summed E-state index contributed by atoms with van der Waals surface area (Å²) in [6.07, 6.45) is 0.345. The third kappa shape index (κ3) is 2.21. The smallest absolute Gasteiger partial charge is 0.339 e. The number of hydrogen-bond donors (Lipinski definition) is 1. The van der Waals surface area contributed by atoms with Crippen molar-refractivity contribution in [2.75, 3.05) is 13.7 Å². The molecule has 0 bridgehead atoms. The normalized spacial score (nSPS) is 21.5. The maximum atomic E-state index is 11.1. The van der Waals surface area contributed by atoms with Crippen molar-refractivity contribution in [3.8, 4) is 0 Å². The summed E-state index contributed by atoms with van der Waals surface area (Å²) in [6, 6.07) is 0. The molecule has 0 saturated carbocycles. The van der Waals surface area contributed by atoms with Gasteiger partial charge in [0.05, 0.1) is 19.3 Å². The minimum atomic E-state index is -0.520. The van der Waals surface area contributed by atoms with Crippen LogP contribution in [0.4, 0.5) is 0 Å². The zero-order valence-electron chi connectivity index (χ0n) is 8.09. The van der Waals surface area contributed by atoms with Crippen LogP contribution in [0.2, 0.25) is 0 Å². The van der Waals surface area contributed by atoms with E-state index in [9.17, 15) is 9.90 Å². The van der Waals surface area contributed by atoms with E-state index in [1.807, 2.05) is 13.8 Å². The molecule has 0 aromatic heterocycles. The van der Waals surface area contributed by atoms with Crippen molar-refractivity contribution in [2.45, 2.75) is 25.9 Å². The molecule has 1 aliphatic rings. The van der Waals surface area contributed by atoms with E-state index < -0.39 is 11.6 Å². The van der Waals surface area contributed by atoms with Gasteiger partial charge in [0.2, 0.25) is 0 Å². The fourth-order valence-corrected chi connectivity index (χ4v) is 1.21. The Morgan fingerprint density at radius 1 is 1.62 bits per heavy atom. The van der Waals surface area contributed by atoms with E-state index >= 15 is 0 Å². The molecule has 0 atom stereocenters. The van der Waals surface area contributed by atoms with Crippen molar-refractivity contribution in [3.63, 3.8) is 0 Å². The third-order valence-corrected chi connectivity index (χ3v) is 1.98. The molecule has 13 heavy (non-hydrogen) atoms. The Labute approximate surface area is 77.1 Å². The van der Waals surface area contributed by atoms with Gasteiger partial charge in [-0.15, -0.1) is 0 Å². The third-order valence-electron chi connectivity index (χ3n) is 1.98. The number of methoxy groups -OCH3 is 1. The number of esters is 1. The number of ether oxygens (including phenoxy) is 2. The van der Waals surface area contributed by atoms with Gasteiger partial charge in [-0.25, -0.2) is 4.79 Å². The maximum Gasteiger partial charge on any atom is 0.339 e. The predicted molar refractivity (Wildman–Crippen MR) is 46.3 cm³/mol. The van der Waals surface area contributed by atoms with Crippen molar-refractivity contribution in [1.29, 1.82) is 0 Å². The monoisotopic (exact) mass is 186 g/mol. The Morgan fingerprint density at radius 3 is 2.69 bits per heavy atom. The molecule has 1 aliphatic heterocycles. The molecule has 0 unspecified atom stereocenters. The molecule has 4 heteroatoms. The highest BCUT2D eigenvalue weighted by atomic mass is 16.5. The molecular weight excluding hydrogens is 172 g/mol. The fraction of sp³-hybridized carbons (Fsp3) is 0.667. The molecule has 1 N–H and O–H groups in total. The molecule has 0 spiro atoms. The largest absolute Gasteiger partial charge is 0.512 e. The molecule has 4 nitrogen and oxygen atoms in total. The van der Waals surface area contributed by atoms with Gasteiger partial charge in [-0.1, -0.05) is 0 Å². The summed E-state index contributed by atoms with van der Waals surface area (Å²) in [5.74, 6) is -0.448. The van der Waals surface area contributed by atoms with E-state index in [1.165, 1.54) is 7.11 Å². The quantitative estimate of drug-likeness (QED) is 0.624. The highest BCUT2D eigenvalue weighted by Crippen LogP contribution is 2.27. The number of rotatable bonds is 1. The highest BCUT2D eigenvalue weighted by Gasteiger charge is 2.30. The zero-order chi connectivity index (χ0) is 10.1. The van der Waals surface area contributed by atoms with Crippen LogP contribution in [0.5, 0.6) is 0 Å². The molecule has 0 aliphatic carbocycles. The molecule has 0 amide bonds. The number of hydrogen-bond acceptors (Lipinski definition) is 4. The van der Waals surface area contributed by atoms with Crippen LogP contribution < -0.4 is 0 Å². The molecule has 0 fully saturated rings. The molecule has 0 aromatic rings. The number of aliphatic hydroxyl groups is 1. The standard InChI is InChI=1S/C9H14O4/c1-9(2)4-7(10)6(5-13-9)8(11)12-3/h10H,4-5H2,1-3H3. The first-order valence-electron chi connectivity index (χ1n) is 4.09. The molecular formula is C9H14O4. The molecule has 1 heterocycles. The number of aliphatic hydroxyl groups excluding tert-OH is 1. The Kier molecular flexibility index (Phi) is 2.61. The number of carbonyl (C=O) groups is 1. The molecule has 74 valence electrons. The zero-order valence-corrected chi connectivity index (χ0v) is 8.09. The van der Waals surface area contributed by atoms with Crippen molar-refractivity contribution >= 4 is 5.97 Å². The van der Waals surface area contributed by atoms with Gasteiger partial charge < -0.3 is 14.6 Å². The van der Waals surface area contributed by atoms with E-state index in [4.69, 9.17) is 4.74 Å². The minimum Gasteiger partial charge on any atom is -0.512 e. The van der Waals surface area contributed by atoms with Gasteiger partial charge in [-0.3, -0.25) is 0 Å². The SMILES string of the molecule is COC(=O)C1=C(O)CC(C)(C)OC1. The van der Waals surface area contributed by atoms with Crippen molar-refractivity contribution in [3.05, 3.63) is 11.3 Å². The Bertz CT molecular complexity index is 252. The molecule has 1 rings (SSSR count). The Morgan fingerprint density at radius 2 is 2.23 bits per heavy atom. The second kappa shape index (κ2) is 3.38. The first kappa shape index (κ1) is 10.1. The lowest BCUT2D eigenvalue weighted by Gasteiger charge is -2.30. The average molecular weight is 186 g/mol. The summed E-state index contributed by atoms with van der Waals surface area (Å²) in [7, 11) is 1.28. The first-order chi connectivity index (χ1) is 5.96. The summed E-state index contributed by atoms with van der Waals surface area (Å²) in [5, 5.41) is 9.50. The summed E-state index contributed by atoms with van der Waals surface area (Å²) >= 11 is 0. The fourth-order valence-electron chi connectivity index (χ4n) is 1.21. The summed E-state index contributed by atoms with van der Waals surface area (Å²) in [5.41, 5.74) is -0.177. The van der Waals surface area contributed by atoms with E-state index in [1.54, 1.807) is 0 Å². The van der Waals surface area contributed by atoms with Gasteiger partial charge in [0, 0.05) is 6.42 Å². The van der Waals surface area contributed by atoms with Crippen LogP contribution in [0.15, 0.2) is 11.3 Å². The van der Waals surface area contributed by atoms with Crippen LogP contribution >= 0.6 is 0 Å². The van der Waals surface area contributed by atoms with Crippen LogP contribution in [-0.4, -0.2) is 30.4 Å². The van der Waals surface area contributed by atoms with Crippen LogP contribution in [0.3, 0.4) is 0 Å². The Balaban J connectivity index is 2.83. The van der Waals surface area contributed by atoms with E-state index in [0.29, 0.717) is 6.42 Å². The van der Waals surface area contributed by atoms with Gasteiger partial charge in [0.15, 0.2) is 0 Å². The second-order valence-electron chi connectivity index (χ2n) is 3.64. The van der Waals surface area contributed by atoms with Gasteiger partial charge in [-0.05, 0) is 13.8 Å². The van der Waals surface area contributed by atoms with Crippen LogP contribution in [-0.2, 0) is 14.3 Å². The highest BCUT2D eigenvalue weighted by molar-refractivity contribution is 5.89. The maximum absolute atomic E-state index is 11.1. The van der Waals surface area contributed by atoms with Crippen molar-refractivity contribution in [2.24, 2.45) is 0 Å². The van der Waals surface area contributed by atoms with Crippen LogP contribution in [0.1, 0.15) is 20.3 Å². The summed E-state index contributed by atoms with van der Waals surface area (Å²) in [6.45, 7) is 3.83. The molecule has 0 radical (unpaired) electrons. The van der Waals surface area contributed by atoms with Gasteiger partial charge >= 0.3 is 5.97 Å². The average Bonchev–Trinajstić information content (AvgIpc) is 2.01. The lowest BCUT2D eigenvalue weighted by atomic mass is 9.98. The lowest BCUT2D eigenvalue weighted by Crippen LogP contribution is -2.33. The number of carbonyl (C=O) groups excluding carboxylic acids is 1. The van der Waals surface area contributed by atoms with Crippen LogP contribution in [0, 0.1) is 0 Å². The Hall–Kier alpha value is -1.03. The van der Waals surface area contributed by atoms with Crippen molar-refractivity contribution < 1.29 is 19.4 Å². The van der Waals surface area contributed by atoms with Gasteiger partial charge in [-0.2, -0.15) is 0 Å². The lowest BCUT2D eigenvalue weighted by molar-refractivity contribution is -0.138. The topological polar surface area (TPSA) is 55.8 Å². The molecule has 0 aromatic carbocycles. The second-order valence-corrected chi connectivity index (χ2v) is 3.64. The van der Waals surface area contributed by atoms with Gasteiger partial charge in [0.25, 0.3) is 0 Å². The summed E-state index contributed by atoms with van der Waals surface area (Å²) in [4.78, 5) is 11.1. The van der Waals surface area contributed by atoms with E-state index in [0.717, 1.165) is 0 Å². The van der Waals surface area contributed by atoms with Crippen LogP contribution in [0.25, 0.3) is 0 Å². The molecule has 0 saturated heterocycles. The van der Waals surface area contributed by atoms with Gasteiger partial charge in [0.1, 0.15) is 11.3 Å². The van der Waals surface area contributed by atoms with Crippen molar-refractivity contribution in [1.82, 2.24) is 0 Å². The minimum absolute atomic E-state index is 0.0723.